The monoisotopic (exact) mass is 299 g/mol. The zero-order valence-electron chi connectivity index (χ0n) is 10.1. The average Bonchev–Trinajstić information content (AvgIpc) is 2.41. The van der Waals surface area contributed by atoms with Gasteiger partial charge in [0.05, 0.1) is 0 Å². The second kappa shape index (κ2) is 9.10. The summed E-state index contributed by atoms with van der Waals surface area (Å²) in [6.07, 6.45) is 0. The van der Waals surface area contributed by atoms with Gasteiger partial charge in [0.2, 0.25) is 5.56 Å². The van der Waals surface area contributed by atoms with Gasteiger partial charge in [0.25, 0.3) is 0 Å². The summed E-state index contributed by atoms with van der Waals surface area (Å²) in [6.45, 7) is 0. The molecule has 3 aromatic rings. The first-order valence-corrected chi connectivity index (χ1v) is 5.35. The topological polar surface area (TPSA) is 64.4 Å². The van der Waals surface area contributed by atoms with Gasteiger partial charge in [-0.25, -0.2) is 0 Å². The number of H-pyrrole nitrogens is 1. The van der Waals surface area contributed by atoms with Crippen molar-refractivity contribution in [1.29, 1.82) is 0 Å². The van der Waals surface area contributed by atoms with Crippen LogP contribution in [0.25, 0.3) is 10.9 Å². The number of aromatic nitrogens is 1. The molecular weight excluding hydrogens is 285 g/mol. The molecule has 0 fully saturated rings. The Hall–Kier alpha value is -1.88. The summed E-state index contributed by atoms with van der Waals surface area (Å²) < 4.78 is 0. The van der Waals surface area contributed by atoms with Crippen LogP contribution in [0.3, 0.4) is 0 Å². The molecule has 0 saturated carbocycles. The summed E-state index contributed by atoms with van der Waals surface area (Å²) in [5, 5.41) is 1.06. The predicted octanol–water partition coefficient (Wildman–Crippen LogP) is 2.19. The molecule has 0 unspecified atom stereocenters. The van der Waals surface area contributed by atoms with Crippen molar-refractivity contribution < 1.29 is 22.3 Å². The van der Waals surface area contributed by atoms with Gasteiger partial charge in [-0.15, -0.1) is 0 Å². The Bertz CT molecular complexity index is 611. The van der Waals surface area contributed by atoms with Crippen molar-refractivity contribution in [3.63, 3.8) is 0 Å². The maximum Gasteiger partial charge on any atom is 0.248 e. The summed E-state index contributed by atoms with van der Waals surface area (Å²) >= 11 is 0. The molecule has 0 amide bonds. The smallest absolute Gasteiger partial charge is 0.248 e. The van der Waals surface area contributed by atoms with Gasteiger partial charge in [0.15, 0.2) is 0 Å². The molecule has 0 atom stereocenters. The van der Waals surface area contributed by atoms with Crippen molar-refractivity contribution in [2.75, 3.05) is 0 Å². The second-order valence-corrected chi connectivity index (χ2v) is 3.49. The van der Waals surface area contributed by atoms with Crippen LogP contribution in [0.5, 0.6) is 0 Å². The standard InChI is InChI=1S/C9H7NO.C6H5.Co.H2O/c11-9-6-5-7-3-1-2-4-8(7)10-9;1-2-4-6-5-3-1;;/h1-6H,(H,10,11);1-5H;;1H2/q;-1;;. The van der Waals surface area contributed by atoms with E-state index in [1.807, 2.05) is 60.7 Å². The van der Waals surface area contributed by atoms with Crippen molar-refractivity contribution in [2.24, 2.45) is 0 Å². The number of hydrogen-bond acceptors (Lipinski definition) is 1. The minimum absolute atomic E-state index is 0. The van der Waals surface area contributed by atoms with Gasteiger partial charge in [0.1, 0.15) is 0 Å². The number of aromatic amines is 1. The van der Waals surface area contributed by atoms with Crippen LogP contribution in [0.15, 0.2) is 71.5 Å². The third-order valence-corrected chi connectivity index (χ3v) is 2.24. The first kappa shape index (κ1) is 17.1. The minimum atomic E-state index is -0.0521. The third-order valence-electron chi connectivity index (χ3n) is 2.24. The Balaban J connectivity index is 0.000000353. The summed E-state index contributed by atoms with van der Waals surface area (Å²) in [7, 11) is 0. The Morgan fingerprint density at radius 3 is 2.11 bits per heavy atom. The molecule has 0 bridgehead atoms. The molecule has 3 nitrogen and oxygen atoms in total. The second-order valence-electron chi connectivity index (χ2n) is 3.49. The molecule has 3 N–H and O–H groups in total. The fourth-order valence-electron chi connectivity index (χ4n) is 1.44. The molecule has 0 aliphatic rings. The number of nitrogens with one attached hydrogen (secondary N) is 1. The van der Waals surface area contributed by atoms with Gasteiger partial charge in [-0.3, -0.25) is 4.79 Å². The van der Waals surface area contributed by atoms with E-state index in [4.69, 9.17) is 0 Å². The van der Waals surface area contributed by atoms with E-state index in [9.17, 15) is 4.79 Å². The molecule has 0 aliphatic heterocycles. The number of benzene rings is 2. The molecule has 101 valence electrons. The SMILES string of the molecule is O.O=c1ccc2ccccc2[nH]1.[Co].[c-]1ccccc1. The summed E-state index contributed by atoms with van der Waals surface area (Å²) in [5.74, 6) is 0. The van der Waals surface area contributed by atoms with Gasteiger partial charge < -0.3 is 10.5 Å². The molecule has 0 spiro atoms. The Kier molecular flexibility index (Phi) is 8.20. The van der Waals surface area contributed by atoms with E-state index < -0.39 is 0 Å². The van der Waals surface area contributed by atoms with Gasteiger partial charge in [-0.05, 0) is 17.5 Å². The van der Waals surface area contributed by atoms with Crippen LogP contribution in [0.4, 0.5) is 0 Å². The largest absolute Gasteiger partial charge is 0.412 e. The zero-order chi connectivity index (χ0) is 11.9. The van der Waals surface area contributed by atoms with Crippen LogP contribution in [0.1, 0.15) is 0 Å². The molecule has 0 saturated heterocycles. The minimum Gasteiger partial charge on any atom is -0.412 e. The van der Waals surface area contributed by atoms with Crippen LogP contribution in [0, 0.1) is 6.07 Å². The van der Waals surface area contributed by atoms with Gasteiger partial charge in [0, 0.05) is 28.4 Å². The molecule has 1 aromatic heterocycles. The Morgan fingerprint density at radius 2 is 1.53 bits per heavy atom. The summed E-state index contributed by atoms with van der Waals surface area (Å²) in [6, 6.07) is 23.5. The van der Waals surface area contributed by atoms with Crippen LogP contribution < -0.4 is 5.56 Å². The molecular formula is C15H14CoNO2-. The number of para-hydroxylation sites is 1. The molecule has 3 rings (SSSR count). The maximum atomic E-state index is 10.8. The molecule has 1 radical (unpaired) electrons. The van der Waals surface area contributed by atoms with Crippen LogP contribution in [0.2, 0.25) is 0 Å². The zero-order valence-corrected chi connectivity index (χ0v) is 11.1. The Morgan fingerprint density at radius 1 is 0.842 bits per heavy atom. The summed E-state index contributed by atoms with van der Waals surface area (Å²) in [5.41, 5.74) is 0.837. The molecule has 4 heteroatoms. The van der Waals surface area contributed by atoms with Crippen molar-refractivity contribution in [2.45, 2.75) is 0 Å². The quantitative estimate of drug-likeness (QED) is 0.635. The van der Waals surface area contributed by atoms with E-state index in [0.29, 0.717) is 0 Å². The fourth-order valence-corrected chi connectivity index (χ4v) is 1.44. The molecule has 0 aliphatic carbocycles. The van der Waals surface area contributed by atoms with E-state index >= 15 is 0 Å². The molecule has 19 heavy (non-hydrogen) atoms. The van der Waals surface area contributed by atoms with E-state index in [0.717, 1.165) is 10.9 Å². The normalized spacial score (nSPS) is 8.42. The third kappa shape index (κ3) is 5.52. The first-order chi connectivity index (χ1) is 8.36. The Labute approximate surface area is 121 Å². The van der Waals surface area contributed by atoms with Crippen molar-refractivity contribution in [3.05, 3.63) is 83.2 Å². The average molecular weight is 299 g/mol. The van der Waals surface area contributed by atoms with E-state index in [-0.39, 0.29) is 27.8 Å². The van der Waals surface area contributed by atoms with Crippen LogP contribution >= 0.6 is 0 Å². The van der Waals surface area contributed by atoms with Gasteiger partial charge in [-0.2, -0.15) is 36.4 Å². The number of fused-ring (bicyclic) bond motifs is 1. The van der Waals surface area contributed by atoms with Crippen LogP contribution in [-0.4, -0.2) is 10.5 Å². The summed E-state index contributed by atoms with van der Waals surface area (Å²) in [4.78, 5) is 13.6. The fraction of sp³-hybridized carbons (Fsp3) is 0. The number of hydrogen-bond donors (Lipinski definition) is 1. The van der Waals surface area contributed by atoms with Crippen molar-refractivity contribution >= 4 is 10.9 Å². The van der Waals surface area contributed by atoms with Gasteiger partial charge in [-0.1, -0.05) is 18.2 Å². The van der Waals surface area contributed by atoms with Crippen LogP contribution in [-0.2, 0) is 16.8 Å². The number of rotatable bonds is 0. The van der Waals surface area contributed by atoms with E-state index in [1.165, 1.54) is 6.07 Å². The van der Waals surface area contributed by atoms with Gasteiger partial charge >= 0.3 is 0 Å². The maximum absolute atomic E-state index is 10.8. The number of pyridine rings is 1. The predicted molar refractivity (Wildman–Crippen MR) is 73.5 cm³/mol. The van der Waals surface area contributed by atoms with E-state index in [1.54, 1.807) is 0 Å². The van der Waals surface area contributed by atoms with Crippen molar-refractivity contribution in [1.82, 2.24) is 4.98 Å². The van der Waals surface area contributed by atoms with E-state index in [2.05, 4.69) is 11.1 Å². The molecule has 1 heterocycles. The first-order valence-electron chi connectivity index (χ1n) is 5.35. The van der Waals surface area contributed by atoms with Crippen molar-refractivity contribution in [3.8, 4) is 0 Å². The molecule has 2 aromatic carbocycles.